The van der Waals surface area contributed by atoms with Crippen LogP contribution in [0.2, 0.25) is 5.02 Å². The second-order valence-corrected chi connectivity index (χ2v) is 9.13. The van der Waals surface area contributed by atoms with Gasteiger partial charge in [-0.25, -0.2) is 13.4 Å². The third kappa shape index (κ3) is 3.97. The molecule has 4 aromatic rings. The van der Waals surface area contributed by atoms with Crippen LogP contribution in [-0.2, 0) is 15.6 Å². The SMILES string of the molecule is COc1ccc(-c2cc(Cl)cn3c([N+](=O)[O-])c(CS(=O)(=O)c4ccccc4)nc23)cc1. The molecule has 0 N–H and O–H groups in total. The molecule has 0 atom stereocenters. The summed E-state index contributed by atoms with van der Waals surface area (Å²) in [6.07, 6.45) is 1.35. The normalized spacial score (nSPS) is 11.5. The standard InChI is InChI=1S/C21H16ClN3O5S/c1-30-16-9-7-14(8-10-16)18-11-15(22)12-24-20(18)23-19(21(24)25(26)27)13-31(28,29)17-5-3-2-4-6-17/h2-12H,13H2,1H3. The highest BCUT2D eigenvalue weighted by molar-refractivity contribution is 7.90. The minimum Gasteiger partial charge on any atom is -0.497 e. The van der Waals surface area contributed by atoms with E-state index in [9.17, 15) is 18.5 Å². The number of benzene rings is 2. The molecule has 158 valence electrons. The smallest absolute Gasteiger partial charge is 0.352 e. The zero-order valence-electron chi connectivity index (χ0n) is 16.2. The van der Waals surface area contributed by atoms with Crippen molar-refractivity contribution in [3.63, 3.8) is 0 Å². The van der Waals surface area contributed by atoms with Gasteiger partial charge in [0.25, 0.3) is 0 Å². The van der Waals surface area contributed by atoms with Crippen molar-refractivity contribution in [3.05, 3.63) is 87.7 Å². The average Bonchev–Trinajstić information content (AvgIpc) is 3.11. The highest BCUT2D eigenvalue weighted by Crippen LogP contribution is 2.33. The number of imidazole rings is 1. The molecule has 0 aliphatic carbocycles. The Hall–Kier alpha value is -3.43. The number of rotatable bonds is 6. The van der Waals surface area contributed by atoms with Gasteiger partial charge < -0.3 is 14.9 Å². The van der Waals surface area contributed by atoms with Gasteiger partial charge in [0.15, 0.2) is 15.5 Å². The molecule has 0 unspecified atom stereocenters. The van der Waals surface area contributed by atoms with Gasteiger partial charge in [-0.3, -0.25) is 0 Å². The molecule has 31 heavy (non-hydrogen) atoms. The van der Waals surface area contributed by atoms with Gasteiger partial charge in [0.1, 0.15) is 17.7 Å². The van der Waals surface area contributed by atoms with E-state index in [-0.39, 0.29) is 21.3 Å². The van der Waals surface area contributed by atoms with Crippen molar-refractivity contribution in [1.29, 1.82) is 0 Å². The fourth-order valence-electron chi connectivity index (χ4n) is 3.31. The van der Waals surface area contributed by atoms with Crippen LogP contribution in [0.4, 0.5) is 5.82 Å². The molecule has 2 aromatic heterocycles. The summed E-state index contributed by atoms with van der Waals surface area (Å²) in [5.74, 6) is -0.410. The quantitative estimate of drug-likeness (QED) is 0.311. The van der Waals surface area contributed by atoms with Crippen molar-refractivity contribution in [2.24, 2.45) is 0 Å². The second kappa shape index (κ2) is 8.01. The number of aromatic nitrogens is 2. The highest BCUT2D eigenvalue weighted by Gasteiger charge is 2.29. The summed E-state index contributed by atoms with van der Waals surface area (Å²) in [5.41, 5.74) is 1.30. The molecule has 0 spiro atoms. The first kappa shape index (κ1) is 20.8. The zero-order valence-corrected chi connectivity index (χ0v) is 17.8. The molecule has 2 aromatic carbocycles. The lowest BCUT2D eigenvalue weighted by Crippen LogP contribution is -2.07. The summed E-state index contributed by atoms with van der Waals surface area (Å²) >= 11 is 6.23. The van der Waals surface area contributed by atoms with E-state index < -0.39 is 26.3 Å². The van der Waals surface area contributed by atoms with E-state index in [1.165, 1.54) is 22.7 Å². The maximum Gasteiger partial charge on any atom is 0.352 e. The zero-order chi connectivity index (χ0) is 22.2. The average molecular weight is 458 g/mol. The summed E-state index contributed by atoms with van der Waals surface area (Å²) in [6, 6.07) is 16.4. The Balaban J connectivity index is 1.91. The number of hydrogen-bond donors (Lipinski definition) is 0. The number of methoxy groups -OCH3 is 1. The van der Waals surface area contributed by atoms with E-state index in [1.54, 1.807) is 55.6 Å². The number of halogens is 1. The molecule has 2 heterocycles. The number of pyridine rings is 1. The summed E-state index contributed by atoms with van der Waals surface area (Å²) in [5, 5.41) is 12.1. The number of nitro groups is 1. The molecular formula is C21H16ClN3O5S. The molecule has 0 fully saturated rings. The summed E-state index contributed by atoms with van der Waals surface area (Å²) in [7, 11) is -2.30. The Morgan fingerprint density at radius 1 is 1.13 bits per heavy atom. The third-order valence-corrected chi connectivity index (χ3v) is 6.58. The van der Waals surface area contributed by atoms with Crippen molar-refractivity contribution >= 4 is 32.9 Å². The van der Waals surface area contributed by atoms with E-state index in [0.717, 1.165) is 0 Å². The van der Waals surface area contributed by atoms with E-state index in [2.05, 4.69) is 4.98 Å². The minimum absolute atomic E-state index is 0.0646. The molecule has 0 bridgehead atoms. The minimum atomic E-state index is -3.84. The number of hydrogen-bond acceptors (Lipinski definition) is 6. The van der Waals surface area contributed by atoms with Crippen LogP contribution in [0.3, 0.4) is 0 Å². The first-order valence-electron chi connectivity index (χ1n) is 9.07. The molecule has 10 heteroatoms. The topological polar surface area (TPSA) is 104 Å². The van der Waals surface area contributed by atoms with E-state index in [4.69, 9.17) is 16.3 Å². The predicted octanol–water partition coefficient (Wildman–Crippen LogP) is 4.55. The Morgan fingerprint density at radius 2 is 1.81 bits per heavy atom. The predicted molar refractivity (Wildman–Crippen MR) is 116 cm³/mol. The first-order valence-corrected chi connectivity index (χ1v) is 11.1. The monoisotopic (exact) mass is 457 g/mol. The number of sulfone groups is 1. The Labute approximate surface area is 182 Å². The number of fused-ring (bicyclic) bond motifs is 1. The van der Waals surface area contributed by atoms with Gasteiger partial charge in [-0.1, -0.05) is 41.9 Å². The fourth-order valence-corrected chi connectivity index (χ4v) is 4.81. The van der Waals surface area contributed by atoms with Crippen LogP contribution in [0.5, 0.6) is 5.75 Å². The van der Waals surface area contributed by atoms with Crippen LogP contribution < -0.4 is 4.74 Å². The largest absolute Gasteiger partial charge is 0.497 e. The Morgan fingerprint density at radius 3 is 2.42 bits per heavy atom. The molecule has 0 amide bonds. The van der Waals surface area contributed by atoms with Gasteiger partial charge in [0.05, 0.1) is 22.6 Å². The van der Waals surface area contributed by atoms with Crippen LogP contribution in [0.25, 0.3) is 16.8 Å². The molecule has 0 aliphatic heterocycles. The molecule has 0 saturated heterocycles. The van der Waals surface area contributed by atoms with Crippen LogP contribution in [0, 0.1) is 10.1 Å². The Kier molecular flexibility index (Phi) is 5.38. The molecular weight excluding hydrogens is 442 g/mol. The number of ether oxygens (including phenoxy) is 1. The van der Waals surface area contributed by atoms with Crippen molar-refractivity contribution < 1.29 is 18.1 Å². The lowest BCUT2D eigenvalue weighted by Gasteiger charge is -2.04. The summed E-state index contributed by atoms with van der Waals surface area (Å²) in [4.78, 5) is 15.6. The van der Waals surface area contributed by atoms with Crippen LogP contribution >= 0.6 is 11.6 Å². The van der Waals surface area contributed by atoms with E-state index >= 15 is 0 Å². The van der Waals surface area contributed by atoms with Crippen molar-refractivity contribution in [3.8, 4) is 16.9 Å². The van der Waals surface area contributed by atoms with Gasteiger partial charge in [0.2, 0.25) is 5.65 Å². The van der Waals surface area contributed by atoms with Gasteiger partial charge in [-0.15, -0.1) is 0 Å². The lowest BCUT2D eigenvalue weighted by molar-refractivity contribution is -0.391. The van der Waals surface area contributed by atoms with Crippen LogP contribution in [-0.4, -0.2) is 29.8 Å². The van der Waals surface area contributed by atoms with Gasteiger partial charge in [0, 0.05) is 0 Å². The maximum absolute atomic E-state index is 12.8. The Bertz CT molecular complexity index is 1380. The number of nitrogens with zero attached hydrogens (tertiary/aromatic N) is 3. The molecule has 0 aliphatic rings. The maximum atomic E-state index is 12.8. The van der Waals surface area contributed by atoms with Crippen molar-refractivity contribution in [2.75, 3.05) is 7.11 Å². The first-order chi connectivity index (χ1) is 14.8. The second-order valence-electron chi connectivity index (χ2n) is 6.71. The van der Waals surface area contributed by atoms with Crippen LogP contribution in [0.15, 0.2) is 71.8 Å². The highest BCUT2D eigenvalue weighted by atomic mass is 35.5. The lowest BCUT2D eigenvalue weighted by atomic mass is 10.1. The molecule has 4 rings (SSSR count). The van der Waals surface area contributed by atoms with Crippen molar-refractivity contribution in [2.45, 2.75) is 10.6 Å². The van der Waals surface area contributed by atoms with Crippen molar-refractivity contribution in [1.82, 2.24) is 9.38 Å². The summed E-state index contributed by atoms with van der Waals surface area (Å²) in [6.45, 7) is 0. The third-order valence-electron chi connectivity index (χ3n) is 4.73. The van der Waals surface area contributed by atoms with Crippen LogP contribution in [0.1, 0.15) is 5.69 Å². The molecule has 8 nitrogen and oxygen atoms in total. The fraction of sp³-hybridized carbons (Fsp3) is 0.0952. The van der Waals surface area contributed by atoms with E-state index in [0.29, 0.717) is 16.9 Å². The molecule has 0 saturated carbocycles. The summed E-state index contributed by atoms with van der Waals surface area (Å²) < 4.78 is 32.1. The van der Waals surface area contributed by atoms with Gasteiger partial charge in [-0.2, -0.15) is 4.40 Å². The van der Waals surface area contributed by atoms with E-state index in [1.807, 2.05) is 0 Å². The van der Waals surface area contributed by atoms with Gasteiger partial charge >= 0.3 is 5.82 Å². The van der Waals surface area contributed by atoms with Gasteiger partial charge in [-0.05, 0) is 40.8 Å². The molecule has 0 radical (unpaired) electrons.